The quantitative estimate of drug-likeness (QED) is 0.649. The first-order valence-corrected chi connectivity index (χ1v) is 7.77. The van der Waals surface area contributed by atoms with Crippen LogP contribution in [0, 0.1) is 3.57 Å². The van der Waals surface area contributed by atoms with Gasteiger partial charge in [0.25, 0.3) is 5.91 Å². The molecule has 0 aliphatic carbocycles. The number of rotatable bonds is 4. The normalized spacial score (nSPS) is 10.6. The van der Waals surface area contributed by atoms with E-state index in [-0.39, 0.29) is 12.5 Å². The van der Waals surface area contributed by atoms with Crippen molar-refractivity contribution in [3.05, 3.63) is 51.1 Å². The zero-order chi connectivity index (χ0) is 15.5. The smallest absolute Gasteiger partial charge is 0.265 e. The standard InChI is InChI=1S/C14H10ClIN4O2/c15-9-1-6-12-13(7-9)20(19-18-12)22-8-14(21)17-11-4-2-10(16)3-5-11/h1-7H,8H2,(H,17,21). The Morgan fingerprint density at radius 2 is 2.05 bits per heavy atom. The summed E-state index contributed by atoms with van der Waals surface area (Å²) in [6.45, 7) is -0.184. The van der Waals surface area contributed by atoms with Crippen LogP contribution < -0.4 is 10.2 Å². The lowest BCUT2D eigenvalue weighted by Gasteiger charge is -2.07. The van der Waals surface area contributed by atoms with Crippen molar-refractivity contribution in [3.63, 3.8) is 0 Å². The van der Waals surface area contributed by atoms with Crippen LogP contribution in [0.15, 0.2) is 42.5 Å². The Bertz CT molecular complexity index is 819. The molecule has 0 aliphatic heterocycles. The summed E-state index contributed by atoms with van der Waals surface area (Å²) in [4.78, 5) is 18.4. The molecule has 6 nitrogen and oxygen atoms in total. The number of carbonyl (C=O) groups excluding carboxylic acids is 1. The molecule has 0 atom stereocenters. The number of hydrogen-bond acceptors (Lipinski definition) is 4. The van der Waals surface area contributed by atoms with Gasteiger partial charge < -0.3 is 10.2 Å². The molecule has 0 aliphatic rings. The summed E-state index contributed by atoms with van der Waals surface area (Å²) in [6.07, 6.45) is 0. The zero-order valence-electron chi connectivity index (χ0n) is 11.2. The number of anilines is 1. The molecule has 0 fully saturated rings. The molecule has 3 rings (SSSR count). The first kappa shape index (κ1) is 15.0. The molecule has 0 spiro atoms. The third kappa shape index (κ3) is 3.47. The lowest BCUT2D eigenvalue weighted by Crippen LogP contribution is -2.26. The zero-order valence-corrected chi connectivity index (χ0v) is 14.1. The van der Waals surface area contributed by atoms with E-state index in [4.69, 9.17) is 16.4 Å². The first-order chi connectivity index (χ1) is 10.6. The highest BCUT2D eigenvalue weighted by atomic mass is 127. The van der Waals surface area contributed by atoms with E-state index >= 15 is 0 Å². The first-order valence-electron chi connectivity index (χ1n) is 6.31. The van der Waals surface area contributed by atoms with E-state index in [1.807, 2.05) is 24.3 Å². The number of fused-ring (bicyclic) bond motifs is 1. The van der Waals surface area contributed by atoms with Crippen molar-refractivity contribution in [1.82, 2.24) is 15.2 Å². The molecule has 0 unspecified atom stereocenters. The van der Waals surface area contributed by atoms with Crippen LogP contribution >= 0.6 is 34.2 Å². The van der Waals surface area contributed by atoms with Gasteiger partial charge in [-0.1, -0.05) is 16.4 Å². The van der Waals surface area contributed by atoms with E-state index in [1.165, 1.54) is 4.85 Å². The van der Waals surface area contributed by atoms with Crippen LogP contribution in [0.25, 0.3) is 11.0 Å². The lowest BCUT2D eigenvalue weighted by molar-refractivity contribution is -0.121. The predicted octanol–water partition coefficient (Wildman–Crippen LogP) is 2.76. The fraction of sp³-hybridized carbons (Fsp3) is 0.0714. The molecule has 112 valence electrons. The number of benzene rings is 2. The van der Waals surface area contributed by atoms with Crippen LogP contribution in [0.2, 0.25) is 5.02 Å². The van der Waals surface area contributed by atoms with Gasteiger partial charge in [0, 0.05) is 14.3 Å². The summed E-state index contributed by atoms with van der Waals surface area (Å²) < 4.78 is 1.10. The SMILES string of the molecule is O=C(COn1nnc2ccc(Cl)cc21)Nc1ccc(I)cc1. The third-order valence-electron chi connectivity index (χ3n) is 2.82. The molecule has 0 saturated carbocycles. The number of amides is 1. The fourth-order valence-corrected chi connectivity index (χ4v) is 2.34. The van der Waals surface area contributed by atoms with Crippen LogP contribution in [-0.2, 0) is 4.79 Å². The van der Waals surface area contributed by atoms with Crippen LogP contribution in [0.1, 0.15) is 0 Å². The Morgan fingerprint density at radius 1 is 1.27 bits per heavy atom. The van der Waals surface area contributed by atoms with Gasteiger partial charge in [-0.2, -0.15) is 0 Å². The molecular formula is C14H10ClIN4O2. The van der Waals surface area contributed by atoms with Crippen LogP contribution in [0.5, 0.6) is 0 Å². The van der Waals surface area contributed by atoms with Gasteiger partial charge in [-0.3, -0.25) is 4.79 Å². The van der Waals surface area contributed by atoms with Crippen LogP contribution in [0.4, 0.5) is 5.69 Å². The molecule has 1 N–H and O–H groups in total. The van der Waals surface area contributed by atoms with Gasteiger partial charge in [0.2, 0.25) is 0 Å². The van der Waals surface area contributed by atoms with Crippen molar-refractivity contribution in [2.75, 3.05) is 11.9 Å². The maximum absolute atomic E-state index is 11.9. The molecule has 0 bridgehead atoms. The average Bonchev–Trinajstić information content (AvgIpc) is 2.90. The fourth-order valence-electron chi connectivity index (χ4n) is 1.82. The summed E-state index contributed by atoms with van der Waals surface area (Å²) in [5.74, 6) is -0.285. The Morgan fingerprint density at radius 3 is 2.82 bits per heavy atom. The molecule has 0 saturated heterocycles. The summed E-state index contributed by atoms with van der Waals surface area (Å²) in [5, 5.41) is 11.0. The Kier molecular flexibility index (Phi) is 4.44. The molecule has 8 heteroatoms. The average molecular weight is 429 g/mol. The van der Waals surface area contributed by atoms with Gasteiger partial charge in [0.15, 0.2) is 6.61 Å². The van der Waals surface area contributed by atoms with Gasteiger partial charge in [-0.05, 0) is 70.3 Å². The Balaban J connectivity index is 1.64. The number of nitrogens with one attached hydrogen (secondary N) is 1. The molecule has 22 heavy (non-hydrogen) atoms. The van der Waals surface area contributed by atoms with Crippen molar-refractivity contribution in [2.45, 2.75) is 0 Å². The lowest BCUT2D eigenvalue weighted by atomic mass is 10.3. The summed E-state index contributed by atoms with van der Waals surface area (Å²) in [5.41, 5.74) is 1.96. The molecule has 0 radical (unpaired) electrons. The molecule has 3 aromatic rings. The largest absolute Gasteiger partial charge is 0.385 e. The van der Waals surface area contributed by atoms with E-state index in [0.29, 0.717) is 21.7 Å². The summed E-state index contributed by atoms with van der Waals surface area (Å²) >= 11 is 8.12. The minimum atomic E-state index is -0.285. The molecular weight excluding hydrogens is 419 g/mol. The van der Waals surface area contributed by atoms with E-state index in [0.717, 1.165) is 3.57 Å². The highest BCUT2D eigenvalue weighted by Crippen LogP contribution is 2.16. The van der Waals surface area contributed by atoms with Crippen LogP contribution in [0.3, 0.4) is 0 Å². The van der Waals surface area contributed by atoms with Crippen molar-refractivity contribution in [1.29, 1.82) is 0 Å². The second kappa shape index (κ2) is 6.49. The van der Waals surface area contributed by atoms with E-state index < -0.39 is 0 Å². The maximum atomic E-state index is 11.9. The van der Waals surface area contributed by atoms with Gasteiger partial charge in [0.05, 0.1) is 0 Å². The Hall–Kier alpha value is -1.87. The minimum Gasteiger partial charge on any atom is -0.385 e. The Labute approximate surface area is 144 Å². The van der Waals surface area contributed by atoms with Crippen molar-refractivity contribution in [2.24, 2.45) is 0 Å². The number of carbonyl (C=O) groups is 1. The molecule has 1 amide bonds. The van der Waals surface area contributed by atoms with Gasteiger partial charge >= 0.3 is 0 Å². The number of halogens is 2. The van der Waals surface area contributed by atoms with E-state index in [1.54, 1.807) is 18.2 Å². The summed E-state index contributed by atoms with van der Waals surface area (Å²) in [6, 6.07) is 12.6. The molecule has 1 heterocycles. The van der Waals surface area contributed by atoms with Gasteiger partial charge in [-0.25, -0.2) is 0 Å². The topological polar surface area (TPSA) is 69.0 Å². The van der Waals surface area contributed by atoms with Crippen molar-refractivity contribution >= 4 is 56.8 Å². The number of nitrogens with zero attached hydrogens (tertiary/aromatic N) is 3. The highest BCUT2D eigenvalue weighted by molar-refractivity contribution is 14.1. The van der Waals surface area contributed by atoms with E-state index in [2.05, 4.69) is 38.2 Å². The second-order valence-corrected chi connectivity index (χ2v) is 6.11. The number of aromatic nitrogens is 3. The third-order valence-corrected chi connectivity index (χ3v) is 3.78. The minimum absolute atomic E-state index is 0.184. The van der Waals surface area contributed by atoms with E-state index in [9.17, 15) is 4.79 Å². The summed E-state index contributed by atoms with van der Waals surface area (Å²) in [7, 11) is 0. The highest BCUT2D eigenvalue weighted by Gasteiger charge is 2.09. The van der Waals surface area contributed by atoms with Crippen molar-refractivity contribution in [3.8, 4) is 0 Å². The van der Waals surface area contributed by atoms with Gasteiger partial charge in [0.1, 0.15) is 11.0 Å². The monoisotopic (exact) mass is 428 g/mol. The van der Waals surface area contributed by atoms with Crippen molar-refractivity contribution < 1.29 is 9.63 Å². The van der Waals surface area contributed by atoms with Gasteiger partial charge in [-0.15, -0.1) is 5.10 Å². The maximum Gasteiger partial charge on any atom is 0.265 e. The van der Waals surface area contributed by atoms with Crippen LogP contribution in [-0.4, -0.2) is 27.7 Å². The predicted molar refractivity (Wildman–Crippen MR) is 91.8 cm³/mol. The molecule has 1 aromatic heterocycles. The second-order valence-electron chi connectivity index (χ2n) is 4.42. The number of hydrogen-bond donors (Lipinski definition) is 1. The molecule has 2 aromatic carbocycles.